The number of esters is 1. The highest BCUT2D eigenvalue weighted by Crippen LogP contribution is 2.39. The fourth-order valence-corrected chi connectivity index (χ4v) is 3.72. The Morgan fingerprint density at radius 1 is 1.19 bits per heavy atom. The predicted molar refractivity (Wildman–Crippen MR) is 93.6 cm³/mol. The van der Waals surface area contributed by atoms with Gasteiger partial charge in [-0.1, -0.05) is 19.3 Å². The van der Waals surface area contributed by atoms with Crippen LogP contribution in [0.4, 0.5) is 10.5 Å². The lowest BCUT2D eigenvalue weighted by Gasteiger charge is -2.35. The molecule has 0 N–H and O–H groups in total. The number of amides is 3. The molecule has 0 aromatic heterocycles. The third-order valence-electron chi connectivity index (χ3n) is 5.32. The minimum atomic E-state index is -0.825. The van der Waals surface area contributed by atoms with E-state index >= 15 is 0 Å². The average molecular weight is 375 g/mol. The molecule has 3 rings (SSSR count). The first-order valence-electron chi connectivity index (χ1n) is 8.84. The van der Waals surface area contributed by atoms with Crippen LogP contribution in [0, 0.1) is 10.1 Å². The van der Waals surface area contributed by atoms with E-state index in [0.717, 1.165) is 24.2 Å². The van der Waals surface area contributed by atoms with Gasteiger partial charge in [-0.15, -0.1) is 0 Å². The summed E-state index contributed by atoms with van der Waals surface area (Å²) in [6, 6.07) is 5.14. The third-order valence-corrected chi connectivity index (χ3v) is 5.32. The Hall–Kier alpha value is -2.97. The molecule has 2 aliphatic rings. The maximum absolute atomic E-state index is 12.8. The second-order valence-electron chi connectivity index (χ2n) is 6.91. The molecule has 2 fully saturated rings. The van der Waals surface area contributed by atoms with Crippen molar-refractivity contribution in [3.05, 3.63) is 39.9 Å². The zero-order chi connectivity index (χ0) is 19.6. The molecule has 1 spiro atoms. The van der Waals surface area contributed by atoms with Crippen LogP contribution in [0.5, 0.6) is 0 Å². The first kappa shape index (κ1) is 18.8. The molecule has 1 saturated carbocycles. The number of non-ortho nitro benzene ring substituents is 1. The van der Waals surface area contributed by atoms with E-state index in [9.17, 15) is 24.5 Å². The van der Waals surface area contributed by atoms with Crippen LogP contribution in [0.25, 0.3) is 0 Å². The van der Waals surface area contributed by atoms with Crippen LogP contribution in [-0.4, -0.2) is 51.8 Å². The summed E-state index contributed by atoms with van der Waals surface area (Å²) >= 11 is 0. The molecule has 27 heavy (non-hydrogen) atoms. The number of nitro benzene ring substituents is 1. The summed E-state index contributed by atoms with van der Waals surface area (Å²) in [6.07, 6.45) is 4.02. The quantitative estimate of drug-likeness (QED) is 0.338. The molecule has 9 heteroatoms. The Labute approximate surface area is 156 Å². The van der Waals surface area contributed by atoms with Crippen molar-refractivity contribution in [2.75, 3.05) is 13.6 Å². The predicted octanol–water partition coefficient (Wildman–Crippen LogP) is 2.23. The highest BCUT2D eigenvalue weighted by Gasteiger charge is 2.55. The maximum atomic E-state index is 12.8. The monoisotopic (exact) mass is 375 g/mol. The van der Waals surface area contributed by atoms with Crippen molar-refractivity contribution in [2.24, 2.45) is 0 Å². The van der Waals surface area contributed by atoms with Crippen LogP contribution in [-0.2, 0) is 20.9 Å². The molecule has 0 bridgehead atoms. The number of nitrogens with zero attached hydrogens (tertiary/aromatic N) is 3. The molecule has 0 atom stereocenters. The topological polar surface area (TPSA) is 110 Å². The molecule has 0 unspecified atom stereocenters. The Bertz CT molecular complexity index is 770. The number of likely N-dealkylation sites (N-methyl/N-ethyl adjacent to an activating group) is 1. The Kier molecular flexibility index (Phi) is 5.11. The van der Waals surface area contributed by atoms with E-state index in [0.29, 0.717) is 18.4 Å². The molecule has 1 aromatic rings. The first-order valence-corrected chi connectivity index (χ1v) is 8.84. The van der Waals surface area contributed by atoms with Gasteiger partial charge in [-0.05, 0) is 30.5 Å². The standard InChI is InChI=1S/C18H21N3O6/c1-19-17(24)20(16(23)18(19)9-3-2-4-10-18)11-15(22)27-12-13-5-7-14(8-6-13)21(25)26/h5-8H,2-4,9-12H2,1H3. The van der Waals surface area contributed by atoms with Crippen LogP contribution in [0.1, 0.15) is 37.7 Å². The van der Waals surface area contributed by atoms with Crippen LogP contribution < -0.4 is 0 Å². The van der Waals surface area contributed by atoms with Crippen molar-refractivity contribution < 1.29 is 24.0 Å². The van der Waals surface area contributed by atoms with E-state index in [1.54, 1.807) is 7.05 Å². The number of urea groups is 1. The molecule has 1 heterocycles. The van der Waals surface area contributed by atoms with Crippen molar-refractivity contribution in [2.45, 2.75) is 44.2 Å². The van der Waals surface area contributed by atoms with Crippen LogP contribution in [0.15, 0.2) is 24.3 Å². The lowest BCUT2D eigenvalue weighted by atomic mass is 9.81. The van der Waals surface area contributed by atoms with Gasteiger partial charge in [0.2, 0.25) is 0 Å². The number of hydrogen-bond donors (Lipinski definition) is 0. The number of ether oxygens (including phenoxy) is 1. The summed E-state index contributed by atoms with van der Waals surface area (Å²) in [5.41, 5.74) is -0.304. The summed E-state index contributed by atoms with van der Waals surface area (Å²) < 4.78 is 5.12. The SMILES string of the molecule is CN1C(=O)N(CC(=O)OCc2ccc([N+](=O)[O-])cc2)C(=O)C12CCCCC2. The number of benzene rings is 1. The van der Waals surface area contributed by atoms with E-state index in [1.165, 1.54) is 29.2 Å². The van der Waals surface area contributed by atoms with E-state index in [2.05, 4.69) is 0 Å². The molecule has 1 saturated heterocycles. The average Bonchev–Trinajstić information content (AvgIpc) is 2.83. The van der Waals surface area contributed by atoms with E-state index in [4.69, 9.17) is 4.74 Å². The number of imide groups is 1. The van der Waals surface area contributed by atoms with Gasteiger partial charge in [0.1, 0.15) is 18.7 Å². The van der Waals surface area contributed by atoms with Crippen molar-refractivity contribution in [3.8, 4) is 0 Å². The smallest absolute Gasteiger partial charge is 0.327 e. The summed E-state index contributed by atoms with van der Waals surface area (Å²) in [5.74, 6) is -1.03. The second kappa shape index (κ2) is 7.34. The molecule has 1 aliphatic heterocycles. The van der Waals surface area contributed by atoms with Crippen LogP contribution in [0.2, 0.25) is 0 Å². The lowest BCUT2D eigenvalue weighted by Crippen LogP contribution is -2.49. The van der Waals surface area contributed by atoms with Crippen molar-refractivity contribution in [1.29, 1.82) is 0 Å². The summed E-state index contributed by atoms with van der Waals surface area (Å²) in [5, 5.41) is 10.6. The normalized spacial score (nSPS) is 18.9. The molecule has 1 aromatic carbocycles. The second-order valence-corrected chi connectivity index (χ2v) is 6.91. The van der Waals surface area contributed by atoms with E-state index in [1.807, 2.05) is 0 Å². The Balaban J connectivity index is 1.59. The van der Waals surface area contributed by atoms with Gasteiger partial charge in [0, 0.05) is 19.2 Å². The fraction of sp³-hybridized carbons (Fsp3) is 0.500. The summed E-state index contributed by atoms with van der Waals surface area (Å²) in [7, 11) is 1.60. The molecule has 9 nitrogen and oxygen atoms in total. The van der Waals surface area contributed by atoms with Gasteiger partial charge < -0.3 is 9.64 Å². The van der Waals surface area contributed by atoms with Gasteiger partial charge in [-0.3, -0.25) is 24.6 Å². The van der Waals surface area contributed by atoms with Crippen molar-refractivity contribution >= 4 is 23.6 Å². The molecule has 1 aliphatic carbocycles. The number of nitro groups is 1. The highest BCUT2D eigenvalue weighted by molar-refractivity contribution is 6.08. The van der Waals surface area contributed by atoms with Crippen LogP contribution >= 0.6 is 0 Å². The number of carbonyl (C=O) groups is 3. The van der Waals surface area contributed by atoms with Gasteiger partial charge in [0.05, 0.1) is 4.92 Å². The van der Waals surface area contributed by atoms with Gasteiger partial charge in [-0.25, -0.2) is 4.79 Å². The minimum absolute atomic E-state index is 0.0563. The van der Waals surface area contributed by atoms with Crippen LogP contribution in [0.3, 0.4) is 0 Å². The number of carbonyl (C=O) groups excluding carboxylic acids is 3. The zero-order valence-corrected chi connectivity index (χ0v) is 15.1. The summed E-state index contributed by atoms with van der Waals surface area (Å²) in [4.78, 5) is 49.9. The largest absolute Gasteiger partial charge is 0.459 e. The van der Waals surface area contributed by atoms with Gasteiger partial charge in [0.15, 0.2) is 0 Å². The van der Waals surface area contributed by atoms with Gasteiger partial charge in [0.25, 0.3) is 11.6 Å². The highest BCUT2D eigenvalue weighted by atomic mass is 16.6. The van der Waals surface area contributed by atoms with E-state index in [-0.39, 0.29) is 18.2 Å². The lowest BCUT2D eigenvalue weighted by molar-refractivity contribution is -0.384. The molecular weight excluding hydrogens is 354 g/mol. The van der Waals surface area contributed by atoms with Crippen molar-refractivity contribution in [1.82, 2.24) is 9.80 Å². The van der Waals surface area contributed by atoms with E-state index < -0.39 is 29.0 Å². The Morgan fingerprint density at radius 3 is 2.41 bits per heavy atom. The van der Waals surface area contributed by atoms with Gasteiger partial charge in [-0.2, -0.15) is 0 Å². The molecule has 144 valence electrons. The Morgan fingerprint density at radius 2 is 1.81 bits per heavy atom. The van der Waals surface area contributed by atoms with Crippen molar-refractivity contribution in [3.63, 3.8) is 0 Å². The molecule has 3 amide bonds. The minimum Gasteiger partial charge on any atom is -0.459 e. The third kappa shape index (κ3) is 3.49. The van der Waals surface area contributed by atoms with Gasteiger partial charge >= 0.3 is 12.0 Å². The summed E-state index contributed by atoms with van der Waals surface area (Å²) in [6.45, 7) is -0.523. The maximum Gasteiger partial charge on any atom is 0.327 e. The molecule has 0 radical (unpaired) electrons. The first-order chi connectivity index (χ1) is 12.8. The molecular formula is C18H21N3O6. The zero-order valence-electron chi connectivity index (χ0n) is 15.1. The number of hydrogen-bond acceptors (Lipinski definition) is 6. The number of rotatable bonds is 5. The fourth-order valence-electron chi connectivity index (χ4n) is 3.72.